The fourth-order valence-corrected chi connectivity index (χ4v) is 3.83. The average Bonchev–Trinajstić information content (AvgIpc) is 3.17. The van der Waals surface area contributed by atoms with E-state index in [2.05, 4.69) is 20.8 Å². The summed E-state index contributed by atoms with van der Waals surface area (Å²) in [5.74, 6) is 0.966. The fourth-order valence-electron chi connectivity index (χ4n) is 2.92. The van der Waals surface area contributed by atoms with Crippen molar-refractivity contribution in [3.05, 3.63) is 5.01 Å². The Morgan fingerprint density at radius 2 is 2.10 bits per heavy atom. The van der Waals surface area contributed by atoms with Gasteiger partial charge >= 0.3 is 6.03 Å². The number of aromatic nitrogens is 2. The van der Waals surface area contributed by atoms with E-state index in [9.17, 15) is 4.79 Å². The topological polar surface area (TPSA) is 76.1 Å². The van der Waals surface area contributed by atoms with Crippen LogP contribution in [0.25, 0.3) is 0 Å². The van der Waals surface area contributed by atoms with Crippen molar-refractivity contribution in [3.63, 3.8) is 0 Å². The van der Waals surface area contributed by atoms with Gasteiger partial charge in [0.05, 0.1) is 6.61 Å². The summed E-state index contributed by atoms with van der Waals surface area (Å²) in [6.07, 6.45) is 7.29. The second-order valence-electron chi connectivity index (χ2n) is 5.85. The van der Waals surface area contributed by atoms with Gasteiger partial charge in [-0.15, -0.1) is 10.2 Å². The molecule has 2 aliphatic rings. The minimum Gasteiger partial charge on any atom is -0.381 e. The first kappa shape index (κ1) is 14.7. The van der Waals surface area contributed by atoms with Crippen LogP contribution in [0.15, 0.2) is 0 Å². The summed E-state index contributed by atoms with van der Waals surface area (Å²) in [7, 11) is 0. The second-order valence-corrected chi connectivity index (χ2v) is 6.85. The van der Waals surface area contributed by atoms with E-state index in [0.717, 1.165) is 24.6 Å². The molecule has 3 rings (SSSR count). The van der Waals surface area contributed by atoms with Crippen molar-refractivity contribution >= 4 is 22.5 Å². The molecule has 1 aliphatic heterocycles. The van der Waals surface area contributed by atoms with Crippen LogP contribution in [0, 0.1) is 5.92 Å². The van der Waals surface area contributed by atoms with Gasteiger partial charge in [-0.25, -0.2) is 4.79 Å². The number of hydrogen-bond acceptors (Lipinski definition) is 5. The molecule has 1 atom stereocenters. The van der Waals surface area contributed by atoms with Crippen molar-refractivity contribution in [2.75, 3.05) is 25.1 Å². The van der Waals surface area contributed by atoms with E-state index >= 15 is 0 Å². The molecule has 0 unspecified atom stereocenters. The summed E-state index contributed by atoms with van der Waals surface area (Å²) >= 11 is 1.51. The predicted molar refractivity (Wildman–Crippen MR) is 81.7 cm³/mol. The molecule has 0 radical (unpaired) electrons. The van der Waals surface area contributed by atoms with Gasteiger partial charge in [0.15, 0.2) is 0 Å². The minimum atomic E-state index is -0.201. The number of hydrogen-bond donors (Lipinski definition) is 2. The summed E-state index contributed by atoms with van der Waals surface area (Å²) in [6.45, 7) is 2.19. The molecule has 1 aromatic heterocycles. The van der Waals surface area contributed by atoms with Gasteiger partial charge in [-0.3, -0.25) is 5.32 Å². The molecule has 1 saturated carbocycles. The van der Waals surface area contributed by atoms with Crippen molar-refractivity contribution in [3.8, 4) is 0 Å². The lowest BCUT2D eigenvalue weighted by atomic mass is 9.90. The maximum Gasteiger partial charge on any atom is 0.321 e. The Hall–Kier alpha value is -1.21. The highest BCUT2D eigenvalue weighted by Gasteiger charge is 2.20. The van der Waals surface area contributed by atoms with Crippen molar-refractivity contribution in [2.45, 2.75) is 44.4 Å². The molecule has 7 heteroatoms. The van der Waals surface area contributed by atoms with E-state index in [1.165, 1.54) is 43.4 Å². The largest absolute Gasteiger partial charge is 0.381 e. The van der Waals surface area contributed by atoms with Crippen LogP contribution in [0.3, 0.4) is 0 Å². The van der Waals surface area contributed by atoms with Crippen LogP contribution < -0.4 is 10.6 Å². The molecule has 0 aromatic carbocycles. The summed E-state index contributed by atoms with van der Waals surface area (Å²) in [6, 6.07) is -0.201. The van der Waals surface area contributed by atoms with Gasteiger partial charge in [-0.05, 0) is 19.3 Å². The third kappa shape index (κ3) is 4.14. The molecule has 0 spiro atoms. The maximum absolute atomic E-state index is 11.8. The number of nitrogens with zero attached hydrogens (tertiary/aromatic N) is 2. The van der Waals surface area contributed by atoms with Crippen molar-refractivity contribution < 1.29 is 9.53 Å². The van der Waals surface area contributed by atoms with Crippen LogP contribution in [-0.2, 0) is 4.74 Å². The lowest BCUT2D eigenvalue weighted by molar-refractivity contribution is 0.185. The Balaban J connectivity index is 1.45. The van der Waals surface area contributed by atoms with Gasteiger partial charge in [-0.2, -0.15) is 0 Å². The first-order valence-electron chi connectivity index (χ1n) is 7.77. The van der Waals surface area contributed by atoms with Gasteiger partial charge in [0, 0.05) is 25.0 Å². The number of nitrogens with one attached hydrogen (secondary N) is 2. The Morgan fingerprint density at radius 1 is 1.24 bits per heavy atom. The SMILES string of the molecule is O=C(NC[C@H]1CCOC1)Nc1nnc(C2CCCCC2)s1. The Labute approximate surface area is 128 Å². The van der Waals surface area contributed by atoms with E-state index in [4.69, 9.17) is 4.74 Å². The number of amides is 2. The highest BCUT2D eigenvalue weighted by molar-refractivity contribution is 7.15. The third-order valence-corrected chi connectivity index (χ3v) is 5.19. The standard InChI is InChI=1S/C14H22N4O2S/c19-13(15-8-10-6-7-20-9-10)16-14-18-17-12(21-14)11-4-2-1-3-5-11/h10-11H,1-9H2,(H2,15,16,18,19)/t10-/m1/s1. The van der Waals surface area contributed by atoms with Crippen LogP contribution >= 0.6 is 11.3 Å². The van der Waals surface area contributed by atoms with Gasteiger partial charge < -0.3 is 10.1 Å². The number of rotatable bonds is 4. The molecule has 2 amide bonds. The van der Waals surface area contributed by atoms with E-state index in [-0.39, 0.29) is 6.03 Å². The summed E-state index contributed by atoms with van der Waals surface area (Å²) in [5, 5.41) is 15.6. The number of carbonyl (C=O) groups is 1. The maximum atomic E-state index is 11.8. The molecule has 2 heterocycles. The van der Waals surface area contributed by atoms with Crippen LogP contribution in [0.2, 0.25) is 0 Å². The smallest absolute Gasteiger partial charge is 0.321 e. The number of ether oxygens (including phenoxy) is 1. The fraction of sp³-hybridized carbons (Fsp3) is 0.786. The highest BCUT2D eigenvalue weighted by atomic mass is 32.1. The normalized spacial score (nSPS) is 23.1. The monoisotopic (exact) mass is 310 g/mol. The zero-order chi connectivity index (χ0) is 14.5. The second kappa shape index (κ2) is 7.17. The van der Waals surface area contributed by atoms with E-state index < -0.39 is 0 Å². The highest BCUT2D eigenvalue weighted by Crippen LogP contribution is 2.35. The molecule has 2 fully saturated rings. The number of anilines is 1. The van der Waals surface area contributed by atoms with Crippen molar-refractivity contribution in [1.29, 1.82) is 0 Å². The number of carbonyl (C=O) groups excluding carboxylic acids is 1. The summed E-state index contributed by atoms with van der Waals surface area (Å²) in [4.78, 5) is 11.8. The molecule has 0 bridgehead atoms. The summed E-state index contributed by atoms with van der Waals surface area (Å²) < 4.78 is 5.29. The quantitative estimate of drug-likeness (QED) is 0.896. The molecule has 2 N–H and O–H groups in total. The van der Waals surface area contributed by atoms with Gasteiger partial charge in [-0.1, -0.05) is 30.6 Å². The number of urea groups is 1. The molecular formula is C14H22N4O2S. The van der Waals surface area contributed by atoms with Gasteiger partial charge in [0.2, 0.25) is 5.13 Å². The zero-order valence-electron chi connectivity index (χ0n) is 12.1. The lowest BCUT2D eigenvalue weighted by Crippen LogP contribution is -2.33. The third-order valence-electron chi connectivity index (χ3n) is 4.19. The molecule has 1 saturated heterocycles. The van der Waals surface area contributed by atoms with E-state index in [1.54, 1.807) is 0 Å². The van der Waals surface area contributed by atoms with Gasteiger partial charge in [0.25, 0.3) is 0 Å². The van der Waals surface area contributed by atoms with Crippen LogP contribution in [0.5, 0.6) is 0 Å². The van der Waals surface area contributed by atoms with E-state index in [1.807, 2.05) is 0 Å². The molecule has 116 valence electrons. The Morgan fingerprint density at radius 3 is 2.86 bits per heavy atom. The minimum absolute atomic E-state index is 0.201. The molecular weight excluding hydrogens is 288 g/mol. The Bertz CT molecular complexity index is 467. The first-order chi connectivity index (χ1) is 10.3. The van der Waals surface area contributed by atoms with Crippen molar-refractivity contribution in [1.82, 2.24) is 15.5 Å². The van der Waals surface area contributed by atoms with Crippen LogP contribution in [0.1, 0.15) is 49.5 Å². The molecule has 6 nitrogen and oxygen atoms in total. The molecule has 1 aliphatic carbocycles. The van der Waals surface area contributed by atoms with Gasteiger partial charge in [0.1, 0.15) is 5.01 Å². The zero-order valence-corrected chi connectivity index (χ0v) is 13.0. The van der Waals surface area contributed by atoms with E-state index in [0.29, 0.717) is 23.5 Å². The first-order valence-corrected chi connectivity index (χ1v) is 8.59. The lowest BCUT2D eigenvalue weighted by Gasteiger charge is -2.18. The summed E-state index contributed by atoms with van der Waals surface area (Å²) in [5.41, 5.74) is 0. The van der Waals surface area contributed by atoms with Crippen LogP contribution in [0.4, 0.5) is 9.93 Å². The predicted octanol–water partition coefficient (Wildman–Crippen LogP) is 2.74. The Kier molecular flexibility index (Phi) is 5.03. The average molecular weight is 310 g/mol. The van der Waals surface area contributed by atoms with Crippen molar-refractivity contribution in [2.24, 2.45) is 5.92 Å². The molecule has 21 heavy (non-hydrogen) atoms. The van der Waals surface area contributed by atoms with Crippen LogP contribution in [-0.4, -0.2) is 36.0 Å². The molecule has 1 aromatic rings.